The van der Waals surface area contributed by atoms with Crippen molar-refractivity contribution in [2.45, 2.75) is 4.90 Å². The number of hydrogen-bond acceptors (Lipinski definition) is 6. The predicted molar refractivity (Wildman–Crippen MR) is 113 cm³/mol. The van der Waals surface area contributed by atoms with Gasteiger partial charge in [0.15, 0.2) is 11.5 Å². The van der Waals surface area contributed by atoms with E-state index < -0.39 is 15.9 Å². The normalized spacial score (nSPS) is 14.9. The minimum atomic E-state index is -3.76. The van der Waals surface area contributed by atoms with E-state index in [4.69, 9.17) is 25.8 Å². The molecule has 1 fully saturated rings. The predicted octanol–water partition coefficient (Wildman–Crippen LogP) is 2.65. The second-order valence-corrected chi connectivity index (χ2v) is 8.91. The van der Waals surface area contributed by atoms with E-state index in [0.717, 1.165) is 0 Å². The van der Waals surface area contributed by atoms with Crippen LogP contribution in [0.25, 0.3) is 0 Å². The highest BCUT2D eigenvalue weighted by Gasteiger charge is 2.28. The Morgan fingerprint density at radius 1 is 1.07 bits per heavy atom. The van der Waals surface area contributed by atoms with Crippen molar-refractivity contribution < 1.29 is 27.4 Å². The zero-order chi connectivity index (χ0) is 21.9. The first-order valence-electron chi connectivity index (χ1n) is 9.17. The number of benzene rings is 2. The third-order valence-corrected chi connectivity index (χ3v) is 7.06. The molecule has 1 heterocycles. The highest BCUT2D eigenvalue weighted by Crippen LogP contribution is 2.32. The van der Waals surface area contributed by atoms with Gasteiger partial charge in [-0.1, -0.05) is 11.6 Å². The molecule has 1 aliphatic heterocycles. The zero-order valence-electron chi connectivity index (χ0n) is 16.9. The molecule has 2 aromatic carbocycles. The van der Waals surface area contributed by atoms with Crippen LogP contribution in [0, 0.1) is 0 Å². The maximum Gasteiger partial charge on any atom is 0.259 e. The van der Waals surface area contributed by atoms with Crippen LogP contribution in [0.15, 0.2) is 41.3 Å². The Bertz CT molecular complexity index is 1040. The number of rotatable bonds is 6. The van der Waals surface area contributed by atoms with Crippen molar-refractivity contribution in [2.24, 2.45) is 0 Å². The van der Waals surface area contributed by atoms with Crippen LogP contribution in [0.2, 0.25) is 5.02 Å². The number of nitrogens with zero attached hydrogens (tertiary/aromatic N) is 2. The van der Waals surface area contributed by atoms with Crippen molar-refractivity contribution in [3.63, 3.8) is 0 Å². The summed E-state index contributed by atoms with van der Waals surface area (Å²) in [7, 11) is 0.836. The number of anilines is 1. The molecule has 0 unspecified atom stereocenters. The molecule has 0 N–H and O–H groups in total. The molecule has 2 aromatic rings. The van der Waals surface area contributed by atoms with E-state index in [1.54, 1.807) is 25.2 Å². The number of methoxy groups -OCH3 is 2. The van der Waals surface area contributed by atoms with E-state index in [2.05, 4.69) is 0 Å². The number of carbonyl (C=O) groups is 1. The van der Waals surface area contributed by atoms with Gasteiger partial charge in [0.25, 0.3) is 5.91 Å². The summed E-state index contributed by atoms with van der Waals surface area (Å²) < 4.78 is 42.9. The average molecular weight is 455 g/mol. The summed E-state index contributed by atoms with van der Waals surface area (Å²) in [6.07, 6.45) is 0. The Kier molecular flexibility index (Phi) is 6.87. The molecule has 0 radical (unpaired) electrons. The maximum atomic E-state index is 13.1. The van der Waals surface area contributed by atoms with Gasteiger partial charge < -0.3 is 19.1 Å². The first-order chi connectivity index (χ1) is 14.3. The maximum absolute atomic E-state index is 13.1. The fourth-order valence-corrected chi connectivity index (χ4v) is 4.73. The first kappa shape index (κ1) is 22.4. The second-order valence-electron chi connectivity index (χ2n) is 6.56. The molecule has 1 aliphatic rings. The van der Waals surface area contributed by atoms with Crippen molar-refractivity contribution in [1.82, 2.24) is 4.31 Å². The van der Waals surface area contributed by atoms with Crippen molar-refractivity contribution in [3.05, 3.63) is 47.0 Å². The van der Waals surface area contributed by atoms with E-state index in [0.29, 0.717) is 30.4 Å². The Hall–Kier alpha value is -2.33. The topological polar surface area (TPSA) is 85.4 Å². The minimum absolute atomic E-state index is 0.0119. The minimum Gasteiger partial charge on any atom is -0.493 e. The SMILES string of the molecule is COc1ccc(N(C)C(=O)c2cc(S(=O)(=O)N3CCOCC3)ccc2Cl)cc1OC. The van der Waals surface area contributed by atoms with Gasteiger partial charge in [0.05, 0.1) is 42.9 Å². The molecule has 162 valence electrons. The molecule has 8 nitrogen and oxygen atoms in total. The quantitative estimate of drug-likeness (QED) is 0.667. The lowest BCUT2D eigenvalue weighted by molar-refractivity contribution is 0.0730. The Morgan fingerprint density at radius 3 is 2.37 bits per heavy atom. The number of hydrogen-bond donors (Lipinski definition) is 0. The standard InChI is InChI=1S/C20H23ClN2O6S/c1-22(14-4-7-18(27-2)19(12-14)28-3)20(24)16-13-15(5-6-17(16)21)30(25,26)23-8-10-29-11-9-23/h4-7,12-13H,8-11H2,1-3H3. The summed E-state index contributed by atoms with van der Waals surface area (Å²) in [4.78, 5) is 14.5. The van der Waals surface area contributed by atoms with Crippen LogP contribution in [-0.4, -0.2) is 66.2 Å². The van der Waals surface area contributed by atoms with Gasteiger partial charge in [0, 0.05) is 31.9 Å². The van der Waals surface area contributed by atoms with Gasteiger partial charge >= 0.3 is 0 Å². The first-order valence-corrected chi connectivity index (χ1v) is 11.0. The van der Waals surface area contributed by atoms with Gasteiger partial charge in [0.2, 0.25) is 10.0 Å². The monoisotopic (exact) mass is 454 g/mol. The van der Waals surface area contributed by atoms with Crippen LogP contribution in [0.5, 0.6) is 11.5 Å². The van der Waals surface area contributed by atoms with Crippen LogP contribution >= 0.6 is 11.6 Å². The van der Waals surface area contributed by atoms with Crippen molar-refractivity contribution in [3.8, 4) is 11.5 Å². The number of sulfonamides is 1. The molecular formula is C20H23ClN2O6S. The zero-order valence-corrected chi connectivity index (χ0v) is 18.5. The lowest BCUT2D eigenvalue weighted by Gasteiger charge is -2.26. The number of carbonyl (C=O) groups excluding carboxylic acids is 1. The van der Waals surface area contributed by atoms with Crippen molar-refractivity contribution >= 4 is 33.2 Å². The molecule has 0 aromatic heterocycles. The third-order valence-electron chi connectivity index (χ3n) is 4.84. The average Bonchev–Trinajstić information content (AvgIpc) is 2.78. The van der Waals surface area contributed by atoms with Gasteiger partial charge in [-0.3, -0.25) is 4.79 Å². The molecule has 0 atom stereocenters. The lowest BCUT2D eigenvalue weighted by atomic mass is 10.2. The number of morpholine rings is 1. The van der Waals surface area contributed by atoms with Crippen LogP contribution in [0.1, 0.15) is 10.4 Å². The number of amides is 1. The summed E-state index contributed by atoms with van der Waals surface area (Å²) in [5.41, 5.74) is 0.624. The van der Waals surface area contributed by atoms with Crippen molar-refractivity contribution in [1.29, 1.82) is 0 Å². The molecule has 10 heteroatoms. The van der Waals surface area contributed by atoms with Crippen LogP contribution in [0.4, 0.5) is 5.69 Å². The summed E-state index contributed by atoms with van der Waals surface area (Å²) >= 11 is 6.24. The number of halogens is 1. The second kappa shape index (κ2) is 9.22. The van der Waals surface area contributed by atoms with Crippen LogP contribution in [-0.2, 0) is 14.8 Å². The summed E-state index contributed by atoms with van der Waals surface area (Å²) in [6, 6.07) is 9.16. The lowest BCUT2D eigenvalue weighted by Crippen LogP contribution is -2.40. The van der Waals surface area contributed by atoms with E-state index in [9.17, 15) is 13.2 Å². The van der Waals surface area contributed by atoms with Crippen LogP contribution in [0.3, 0.4) is 0 Å². The van der Waals surface area contributed by atoms with Crippen molar-refractivity contribution in [2.75, 3.05) is 52.5 Å². The van der Waals surface area contributed by atoms with E-state index >= 15 is 0 Å². The van der Waals surface area contributed by atoms with Gasteiger partial charge in [-0.05, 0) is 30.3 Å². The third kappa shape index (κ3) is 4.39. The van der Waals surface area contributed by atoms with E-state index in [-0.39, 0.29) is 28.6 Å². The van der Waals surface area contributed by atoms with E-state index in [1.807, 2.05) is 0 Å². The van der Waals surface area contributed by atoms with Gasteiger partial charge in [-0.2, -0.15) is 4.31 Å². The molecule has 0 bridgehead atoms. The Balaban J connectivity index is 1.93. The molecule has 1 amide bonds. The Labute approximate surface area is 180 Å². The van der Waals surface area contributed by atoms with Gasteiger partial charge in [-0.25, -0.2) is 8.42 Å². The molecule has 1 saturated heterocycles. The van der Waals surface area contributed by atoms with Gasteiger partial charge in [-0.15, -0.1) is 0 Å². The fraction of sp³-hybridized carbons (Fsp3) is 0.350. The van der Waals surface area contributed by atoms with Crippen LogP contribution < -0.4 is 14.4 Å². The van der Waals surface area contributed by atoms with E-state index in [1.165, 1.54) is 41.6 Å². The summed E-state index contributed by atoms with van der Waals surface area (Å²) in [6.45, 7) is 1.20. The molecular weight excluding hydrogens is 432 g/mol. The molecule has 3 rings (SSSR count). The fourth-order valence-electron chi connectivity index (χ4n) is 3.10. The number of ether oxygens (including phenoxy) is 3. The Morgan fingerprint density at radius 2 is 1.73 bits per heavy atom. The smallest absolute Gasteiger partial charge is 0.259 e. The highest BCUT2D eigenvalue weighted by atomic mass is 35.5. The largest absolute Gasteiger partial charge is 0.493 e. The molecule has 30 heavy (non-hydrogen) atoms. The highest BCUT2D eigenvalue weighted by molar-refractivity contribution is 7.89. The molecule has 0 saturated carbocycles. The molecule has 0 aliphatic carbocycles. The summed E-state index contributed by atoms with van der Waals surface area (Å²) in [5.74, 6) is 0.536. The molecule has 0 spiro atoms. The van der Waals surface area contributed by atoms with Gasteiger partial charge in [0.1, 0.15) is 0 Å². The summed E-state index contributed by atoms with van der Waals surface area (Å²) in [5, 5.41) is 0.160.